The van der Waals surface area contributed by atoms with Gasteiger partial charge in [0.1, 0.15) is 0 Å². The summed E-state index contributed by atoms with van der Waals surface area (Å²) < 4.78 is 1.06. The van der Waals surface area contributed by atoms with E-state index in [1.807, 2.05) is 31.2 Å². The molecule has 0 spiro atoms. The molecule has 1 fully saturated rings. The maximum atomic E-state index is 12.1. The Balaban J connectivity index is 1.91. The van der Waals surface area contributed by atoms with E-state index in [0.29, 0.717) is 0 Å². The van der Waals surface area contributed by atoms with Gasteiger partial charge in [-0.3, -0.25) is 4.79 Å². The summed E-state index contributed by atoms with van der Waals surface area (Å²) in [6.07, 6.45) is 2.08. The molecule has 2 atom stereocenters. The molecule has 1 saturated heterocycles. The maximum Gasteiger partial charge on any atom is 0.224 e. The fraction of sp³-hybridized carbons (Fsp3) is 0.500. The minimum absolute atomic E-state index is 0.0625. The van der Waals surface area contributed by atoms with Gasteiger partial charge in [-0.1, -0.05) is 28.1 Å². The zero-order valence-corrected chi connectivity index (χ0v) is 12.2. The van der Waals surface area contributed by atoms with Crippen molar-refractivity contribution in [3.8, 4) is 0 Å². The molecular formula is C14H19BrN2O. The van der Waals surface area contributed by atoms with Crippen molar-refractivity contribution in [2.24, 2.45) is 5.92 Å². The number of halogens is 1. The summed E-state index contributed by atoms with van der Waals surface area (Å²) in [6.45, 7) is 3.86. The first-order valence-corrected chi connectivity index (χ1v) is 7.22. The summed E-state index contributed by atoms with van der Waals surface area (Å²) in [7, 11) is 0. The quantitative estimate of drug-likeness (QED) is 0.901. The molecular weight excluding hydrogens is 292 g/mol. The lowest BCUT2D eigenvalue weighted by molar-refractivity contribution is -0.126. The third kappa shape index (κ3) is 3.56. The van der Waals surface area contributed by atoms with Gasteiger partial charge in [0.15, 0.2) is 0 Å². The zero-order valence-electron chi connectivity index (χ0n) is 10.6. The van der Waals surface area contributed by atoms with Crippen LogP contribution in [0.5, 0.6) is 0 Å². The molecule has 18 heavy (non-hydrogen) atoms. The van der Waals surface area contributed by atoms with Crippen LogP contribution in [-0.2, 0) is 4.79 Å². The van der Waals surface area contributed by atoms with E-state index in [1.165, 1.54) is 0 Å². The molecule has 1 aliphatic rings. The molecule has 0 radical (unpaired) electrons. The molecule has 2 N–H and O–H groups in total. The van der Waals surface area contributed by atoms with Crippen molar-refractivity contribution < 1.29 is 4.79 Å². The van der Waals surface area contributed by atoms with Crippen LogP contribution in [0.2, 0.25) is 0 Å². The minimum atomic E-state index is 0.0625. The van der Waals surface area contributed by atoms with Gasteiger partial charge >= 0.3 is 0 Å². The fourth-order valence-corrected chi connectivity index (χ4v) is 2.51. The van der Waals surface area contributed by atoms with Crippen molar-refractivity contribution in [2.75, 3.05) is 13.1 Å². The number of hydrogen-bond acceptors (Lipinski definition) is 2. The van der Waals surface area contributed by atoms with Crippen molar-refractivity contribution in [2.45, 2.75) is 25.8 Å². The van der Waals surface area contributed by atoms with Gasteiger partial charge in [-0.05, 0) is 44.0 Å². The summed E-state index contributed by atoms with van der Waals surface area (Å²) in [5, 5.41) is 6.36. The molecule has 0 saturated carbocycles. The van der Waals surface area contributed by atoms with E-state index in [-0.39, 0.29) is 17.9 Å². The summed E-state index contributed by atoms with van der Waals surface area (Å²) in [5.74, 6) is 0.286. The van der Waals surface area contributed by atoms with Crippen molar-refractivity contribution in [3.05, 3.63) is 34.3 Å². The Hall–Kier alpha value is -0.870. The smallest absolute Gasteiger partial charge is 0.224 e. The molecule has 98 valence electrons. The SMILES string of the molecule is C[C@@H](NC(=O)[C@H]1CCCNC1)c1ccc(Br)cc1. The molecule has 0 aromatic heterocycles. The van der Waals surface area contributed by atoms with Gasteiger partial charge in [-0.2, -0.15) is 0 Å². The van der Waals surface area contributed by atoms with Crippen LogP contribution in [0.1, 0.15) is 31.4 Å². The van der Waals surface area contributed by atoms with Crippen LogP contribution in [0.3, 0.4) is 0 Å². The highest BCUT2D eigenvalue weighted by molar-refractivity contribution is 9.10. The summed E-state index contributed by atoms with van der Waals surface area (Å²) in [5.41, 5.74) is 1.13. The predicted molar refractivity (Wildman–Crippen MR) is 76.3 cm³/mol. The van der Waals surface area contributed by atoms with Crippen LogP contribution >= 0.6 is 15.9 Å². The van der Waals surface area contributed by atoms with Crippen LogP contribution in [0.4, 0.5) is 0 Å². The Morgan fingerprint density at radius 1 is 1.44 bits per heavy atom. The molecule has 4 heteroatoms. The third-order valence-corrected chi connectivity index (χ3v) is 3.93. The fourth-order valence-electron chi connectivity index (χ4n) is 2.24. The van der Waals surface area contributed by atoms with Gasteiger partial charge in [0.2, 0.25) is 5.91 Å². The summed E-state index contributed by atoms with van der Waals surface area (Å²) in [4.78, 5) is 12.1. The summed E-state index contributed by atoms with van der Waals surface area (Å²) >= 11 is 3.41. The van der Waals surface area contributed by atoms with Crippen LogP contribution in [0, 0.1) is 5.92 Å². The summed E-state index contributed by atoms with van der Waals surface area (Å²) in [6, 6.07) is 8.13. The predicted octanol–water partition coefficient (Wildman–Crippen LogP) is 2.63. The Labute approximate surface area is 116 Å². The van der Waals surface area contributed by atoms with Crippen LogP contribution < -0.4 is 10.6 Å². The molecule has 1 aromatic rings. The maximum absolute atomic E-state index is 12.1. The van der Waals surface area contributed by atoms with Crippen LogP contribution in [0.25, 0.3) is 0 Å². The van der Waals surface area contributed by atoms with Gasteiger partial charge in [0, 0.05) is 11.0 Å². The Morgan fingerprint density at radius 2 is 2.17 bits per heavy atom. The van der Waals surface area contributed by atoms with E-state index in [0.717, 1.165) is 36.0 Å². The van der Waals surface area contributed by atoms with Crippen molar-refractivity contribution >= 4 is 21.8 Å². The highest BCUT2D eigenvalue weighted by Gasteiger charge is 2.22. The number of carbonyl (C=O) groups excluding carboxylic acids is 1. The molecule has 2 rings (SSSR count). The standard InChI is InChI=1S/C14H19BrN2O/c1-10(11-4-6-13(15)7-5-11)17-14(18)12-3-2-8-16-9-12/h4-7,10,12,16H,2-3,8-9H2,1H3,(H,17,18)/t10-,12+/m1/s1. The highest BCUT2D eigenvalue weighted by Crippen LogP contribution is 2.18. The van der Waals surface area contributed by atoms with Gasteiger partial charge in [0.05, 0.1) is 12.0 Å². The normalized spacial score (nSPS) is 21.3. The lowest BCUT2D eigenvalue weighted by Gasteiger charge is -2.24. The van der Waals surface area contributed by atoms with Gasteiger partial charge in [-0.15, -0.1) is 0 Å². The minimum Gasteiger partial charge on any atom is -0.349 e. The molecule has 1 heterocycles. The number of benzene rings is 1. The number of nitrogens with one attached hydrogen (secondary N) is 2. The van der Waals surface area contributed by atoms with Crippen molar-refractivity contribution in [1.82, 2.24) is 10.6 Å². The lowest BCUT2D eigenvalue weighted by Crippen LogP contribution is -2.41. The number of carbonyl (C=O) groups is 1. The molecule has 0 aliphatic carbocycles. The molecule has 1 amide bonds. The van der Waals surface area contributed by atoms with Crippen LogP contribution in [-0.4, -0.2) is 19.0 Å². The first kappa shape index (κ1) is 13.6. The molecule has 1 aliphatic heterocycles. The van der Waals surface area contributed by atoms with E-state index in [9.17, 15) is 4.79 Å². The van der Waals surface area contributed by atoms with Crippen molar-refractivity contribution in [3.63, 3.8) is 0 Å². The molecule has 1 aromatic carbocycles. The number of rotatable bonds is 3. The molecule has 0 bridgehead atoms. The second-order valence-electron chi connectivity index (χ2n) is 4.83. The Bertz CT molecular complexity index is 399. The van der Waals surface area contributed by atoms with Gasteiger partial charge < -0.3 is 10.6 Å². The number of amides is 1. The monoisotopic (exact) mass is 310 g/mol. The first-order chi connectivity index (χ1) is 8.66. The Kier molecular flexibility index (Phi) is 4.78. The average molecular weight is 311 g/mol. The molecule has 0 unspecified atom stereocenters. The van der Waals surface area contributed by atoms with Crippen molar-refractivity contribution in [1.29, 1.82) is 0 Å². The first-order valence-electron chi connectivity index (χ1n) is 6.43. The second kappa shape index (κ2) is 6.34. The Morgan fingerprint density at radius 3 is 2.78 bits per heavy atom. The third-order valence-electron chi connectivity index (χ3n) is 3.40. The van der Waals surface area contributed by atoms with E-state index in [4.69, 9.17) is 0 Å². The van der Waals surface area contributed by atoms with E-state index in [1.54, 1.807) is 0 Å². The number of hydrogen-bond donors (Lipinski definition) is 2. The number of piperidine rings is 1. The van der Waals surface area contributed by atoms with Gasteiger partial charge in [-0.25, -0.2) is 0 Å². The van der Waals surface area contributed by atoms with Crippen LogP contribution in [0.15, 0.2) is 28.7 Å². The lowest BCUT2D eigenvalue weighted by atomic mass is 9.98. The van der Waals surface area contributed by atoms with Gasteiger partial charge in [0.25, 0.3) is 0 Å². The van der Waals surface area contributed by atoms with E-state index < -0.39 is 0 Å². The largest absolute Gasteiger partial charge is 0.349 e. The van der Waals surface area contributed by atoms with E-state index in [2.05, 4.69) is 26.6 Å². The topological polar surface area (TPSA) is 41.1 Å². The van der Waals surface area contributed by atoms with E-state index >= 15 is 0 Å². The second-order valence-corrected chi connectivity index (χ2v) is 5.74. The zero-order chi connectivity index (χ0) is 13.0. The average Bonchev–Trinajstić information content (AvgIpc) is 2.40. The molecule has 3 nitrogen and oxygen atoms in total. The highest BCUT2D eigenvalue weighted by atomic mass is 79.9.